The van der Waals surface area contributed by atoms with Crippen LogP contribution < -0.4 is 5.32 Å². The van der Waals surface area contributed by atoms with Crippen LogP contribution in [0.25, 0.3) is 0 Å². The van der Waals surface area contributed by atoms with Crippen LogP contribution in [0.1, 0.15) is 10.5 Å². The Balaban J connectivity index is 0.000000717. The van der Waals surface area contributed by atoms with Crippen molar-refractivity contribution in [3.63, 3.8) is 0 Å². The van der Waals surface area contributed by atoms with Crippen molar-refractivity contribution >= 4 is 29.8 Å². The van der Waals surface area contributed by atoms with Crippen LogP contribution >= 0.6 is 0 Å². The van der Waals surface area contributed by atoms with Crippen LogP contribution in [0.5, 0.6) is 0 Å². The van der Waals surface area contributed by atoms with Gasteiger partial charge in [0, 0.05) is 26.3 Å². The number of aliphatic carboxylic acids is 4. The van der Waals surface area contributed by atoms with E-state index >= 15 is 0 Å². The first-order valence-corrected chi connectivity index (χ1v) is 8.22. The maximum absolute atomic E-state index is 10.7. The molecular formula is C16H24N4O9. The van der Waals surface area contributed by atoms with E-state index in [1.165, 1.54) is 0 Å². The number of nitrogens with zero attached hydrogens (tertiary/aromatic N) is 2. The maximum atomic E-state index is 10.7. The molecule has 1 rings (SSSR count). The highest BCUT2D eigenvalue weighted by Crippen LogP contribution is 1.94. The Hall–Kier alpha value is -3.45. The molecule has 0 radical (unpaired) electrons. The molecule has 0 atom stereocenters. The van der Waals surface area contributed by atoms with Crippen LogP contribution in [0.2, 0.25) is 0 Å². The van der Waals surface area contributed by atoms with Gasteiger partial charge in [0.25, 0.3) is 5.91 Å². The Bertz CT molecular complexity index is 623. The van der Waals surface area contributed by atoms with Gasteiger partial charge in [-0.05, 0) is 12.1 Å². The fourth-order valence-electron chi connectivity index (χ4n) is 2.08. The predicted molar refractivity (Wildman–Crippen MR) is 97.6 cm³/mol. The number of aromatic nitrogens is 1. The molecular weight excluding hydrogens is 392 g/mol. The predicted octanol–water partition coefficient (Wildman–Crippen LogP) is -1.70. The number of amides is 1. The Morgan fingerprint density at radius 2 is 1.21 bits per heavy atom. The minimum Gasteiger partial charge on any atom is -0.480 e. The molecule has 29 heavy (non-hydrogen) atoms. The van der Waals surface area contributed by atoms with Crippen molar-refractivity contribution < 1.29 is 44.4 Å². The SMILES string of the molecule is CNC(=O)c1ccc[nH]1.O=C(O)CN(CCN(CC(=O)O)CC(=O)O)CC(=O)O. The van der Waals surface area contributed by atoms with Gasteiger partial charge in [0.05, 0.1) is 26.2 Å². The van der Waals surface area contributed by atoms with Gasteiger partial charge in [-0.1, -0.05) is 0 Å². The van der Waals surface area contributed by atoms with Gasteiger partial charge >= 0.3 is 23.9 Å². The van der Waals surface area contributed by atoms with Gasteiger partial charge in [-0.15, -0.1) is 0 Å². The molecule has 1 amide bonds. The largest absolute Gasteiger partial charge is 0.480 e. The normalized spacial score (nSPS) is 10.2. The topological polar surface area (TPSA) is 201 Å². The second kappa shape index (κ2) is 13.7. The van der Waals surface area contributed by atoms with Crippen molar-refractivity contribution in [2.24, 2.45) is 0 Å². The summed E-state index contributed by atoms with van der Waals surface area (Å²) in [6.45, 7) is -2.25. The highest BCUT2D eigenvalue weighted by atomic mass is 16.4. The molecule has 0 aliphatic rings. The van der Waals surface area contributed by atoms with E-state index in [1.807, 2.05) is 0 Å². The van der Waals surface area contributed by atoms with E-state index < -0.39 is 50.1 Å². The average molecular weight is 416 g/mol. The van der Waals surface area contributed by atoms with Gasteiger partial charge in [-0.25, -0.2) is 0 Å². The average Bonchev–Trinajstić information content (AvgIpc) is 3.12. The molecule has 0 aliphatic carbocycles. The number of carboxylic acid groups (broad SMARTS) is 4. The van der Waals surface area contributed by atoms with Gasteiger partial charge in [0.2, 0.25) is 0 Å². The molecule has 0 saturated carbocycles. The molecule has 1 heterocycles. The van der Waals surface area contributed by atoms with Gasteiger partial charge in [-0.3, -0.25) is 33.8 Å². The molecule has 0 fully saturated rings. The lowest BCUT2D eigenvalue weighted by atomic mass is 10.4. The molecule has 0 bridgehead atoms. The van der Waals surface area contributed by atoms with E-state index in [2.05, 4.69) is 10.3 Å². The summed E-state index contributed by atoms with van der Waals surface area (Å²) in [6.07, 6.45) is 1.71. The molecule has 1 aromatic heterocycles. The molecule has 0 aromatic carbocycles. The van der Waals surface area contributed by atoms with Gasteiger partial charge in [0.15, 0.2) is 0 Å². The van der Waals surface area contributed by atoms with Crippen LogP contribution in [0, 0.1) is 0 Å². The summed E-state index contributed by atoms with van der Waals surface area (Å²) in [4.78, 5) is 57.9. The maximum Gasteiger partial charge on any atom is 0.317 e. The fraction of sp³-hybridized carbons (Fsp3) is 0.438. The third kappa shape index (κ3) is 13.4. The number of aromatic amines is 1. The molecule has 0 spiro atoms. The zero-order valence-electron chi connectivity index (χ0n) is 15.7. The second-order valence-electron chi connectivity index (χ2n) is 5.66. The monoisotopic (exact) mass is 416 g/mol. The van der Waals surface area contributed by atoms with Crippen molar-refractivity contribution in [1.82, 2.24) is 20.1 Å². The smallest absolute Gasteiger partial charge is 0.317 e. The number of carbonyl (C=O) groups excluding carboxylic acids is 1. The Morgan fingerprint density at radius 3 is 1.45 bits per heavy atom. The molecule has 0 aliphatic heterocycles. The first-order chi connectivity index (χ1) is 13.5. The van der Waals surface area contributed by atoms with Crippen molar-refractivity contribution in [2.45, 2.75) is 0 Å². The van der Waals surface area contributed by atoms with Crippen LogP contribution in [0.4, 0.5) is 0 Å². The molecule has 1 aromatic rings. The van der Waals surface area contributed by atoms with Crippen LogP contribution in [-0.2, 0) is 19.2 Å². The fourth-order valence-corrected chi connectivity index (χ4v) is 2.08. The van der Waals surface area contributed by atoms with Crippen molar-refractivity contribution in [1.29, 1.82) is 0 Å². The van der Waals surface area contributed by atoms with Crippen molar-refractivity contribution in [3.05, 3.63) is 24.0 Å². The molecule has 6 N–H and O–H groups in total. The van der Waals surface area contributed by atoms with E-state index in [9.17, 15) is 24.0 Å². The van der Waals surface area contributed by atoms with Gasteiger partial charge in [-0.2, -0.15) is 0 Å². The number of rotatable bonds is 12. The second-order valence-corrected chi connectivity index (χ2v) is 5.66. The summed E-state index contributed by atoms with van der Waals surface area (Å²) in [5.74, 6) is -4.99. The quantitative estimate of drug-likeness (QED) is 0.227. The number of hydrogen-bond donors (Lipinski definition) is 6. The lowest BCUT2D eigenvalue weighted by Crippen LogP contribution is -2.43. The highest BCUT2D eigenvalue weighted by Gasteiger charge is 2.18. The van der Waals surface area contributed by atoms with Gasteiger partial charge in [0.1, 0.15) is 5.69 Å². The summed E-state index contributed by atoms with van der Waals surface area (Å²) >= 11 is 0. The van der Waals surface area contributed by atoms with E-state index in [0.29, 0.717) is 5.69 Å². The Morgan fingerprint density at radius 1 is 0.828 bits per heavy atom. The number of H-pyrrole nitrogens is 1. The molecule has 0 unspecified atom stereocenters. The Kier molecular flexibility index (Phi) is 12.1. The van der Waals surface area contributed by atoms with E-state index in [-0.39, 0.29) is 19.0 Å². The van der Waals surface area contributed by atoms with Crippen molar-refractivity contribution in [3.8, 4) is 0 Å². The van der Waals surface area contributed by atoms with Gasteiger partial charge < -0.3 is 30.7 Å². The summed E-state index contributed by atoms with van der Waals surface area (Å²) in [6, 6.07) is 3.50. The standard InChI is InChI=1S/C10H16N2O8.C6H8N2O/c13-7(14)3-11(4-8(15)16)1-2-12(5-9(17)18)6-10(19)20;1-7-6(9)5-3-2-4-8-5/h1-6H2,(H,13,14)(H,15,16)(H,17,18)(H,19,20);2-4,8H,1H3,(H,7,9). The van der Waals surface area contributed by atoms with Crippen LogP contribution in [-0.4, -0.2) is 111 Å². The number of nitrogens with one attached hydrogen (secondary N) is 2. The first kappa shape index (κ1) is 25.5. The minimum atomic E-state index is -1.23. The lowest BCUT2D eigenvalue weighted by Gasteiger charge is -2.23. The van der Waals surface area contributed by atoms with Crippen molar-refractivity contribution in [2.75, 3.05) is 46.3 Å². The van der Waals surface area contributed by atoms with E-state index in [4.69, 9.17) is 20.4 Å². The molecule has 13 heteroatoms. The molecule has 0 saturated heterocycles. The number of carboxylic acids is 4. The zero-order chi connectivity index (χ0) is 22.4. The summed E-state index contributed by atoms with van der Waals surface area (Å²) in [5.41, 5.74) is 0.595. The van der Waals surface area contributed by atoms with Crippen LogP contribution in [0.15, 0.2) is 18.3 Å². The summed E-state index contributed by atoms with van der Waals surface area (Å²) in [5, 5.41) is 37.0. The third-order valence-electron chi connectivity index (χ3n) is 3.24. The minimum absolute atomic E-state index is 0.0703. The lowest BCUT2D eigenvalue weighted by molar-refractivity contribution is -0.145. The van der Waals surface area contributed by atoms with E-state index in [0.717, 1.165) is 9.80 Å². The zero-order valence-corrected chi connectivity index (χ0v) is 15.7. The summed E-state index contributed by atoms with van der Waals surface area (Å²) in [7, 11) is 1.60. The van der Waals surface area contributed by atoms with E-state index in [1.54, 1.807) is 25.4 Å². The Labute approximate surface area is 165 Å². The molecule has 13 nitrogen and oxygen atoms in total. The highest BCUT2D eigenvalue weighted by molar-refractivity contribution is 5.92. The molecule has 162 valence electrons. The third-order valence-corrected chi connectivity index (χ3v) is 3.24. The first-order valence-electron chi connectivity index (χ1n) is 8.22. The number of carbonyl (C=O) groups is 5. The number of hydrogen-bond acceptors (Lipinski definition) is 7. The van der Waals surface area contributed by atoms with Crippen LogP contribution in [0.3, 0.4) is 0 Å². The summed E-state index contributed by atoms with van der Waals surface area (Å²) < 4.78 is 0.